The second-order valence-electron chi connectivity index (χ2n) is 4.28. The van der Waals surface area contributed by atoms with E-state index >= 15 is 0 Å². The summed E-state index contributed by atoms with van der Waals surface area (Å²) < 4.78 is 0.692. The van der Waals surface area contributed by atoms with E-state index in [1.54, 1.807) is 12.1 Å². The Bertz CT molecular complexity index is 603. The van der Waals surface area contributed by atoms with Crippen LogP contribution in [-0.4, -0.2) is 33.5 Å². The number of nitrogens with zero attached hydrogens (tertiary/aromatic N) is 2. The summed E-state index contributed by atoms with van der Waals surface area (Å²) >= 11 is 2.59. The van der Waals surface area contributed by atoms with Gasteiger partial charge in [0.1, 0.15) is 5.75 Å². The summed E-state index contributed by atoms with van der Waals surface area (Å²) in [7, 11) is 0. The monoisotopic (exact) mass is 324 g/mol. The molecule has 0 spiro atoms. The minimum atomic E-state index is -0.0499. The Morgan fingerprint density at radius 2 is 2.19 bits per heavy atom. The van der Waals surface area contributed by atoms with Gasteiger partial charge in [0.2, 0.25) is 11.0 Å². The lowest BCUT2D eigenvalue weighted by atomic mass is 10.1. The molecular formula is C13H16N4O2S2. The predicted molar refractivity (Wildman–Crippen MR) is 84.5 cm³/mol. The molecule has 1 aromatic heterocycles. The number of phenols is 1. The molecule has 0 aliphatic carbocycles. The molecule has 1 aromatic carbocycles. The van der Waals surface area contributed by atoms with Crippen LogP contribution in [0.5, 0.6) is 5.75 Å². The number of nitrogens with one attached hydrogen (secondary N) is 1. The number of nitrogen functional groups attached to an aromatic ring is 1. The van der Waals surface area contributed by atoms with Crippen LogP contribution in [0.2, 0.25) is 0 Å². The number of hydrogen-bond acceptors (Lipinski definition) is 7. The van der Waals surface area contributed by atoms with Crippen LogP contribution in [-0.2, 0) is 11.2 Å². The van der Waals surface area contributed by atoms with Crippen LogP contribution < -0.4 is 11.1 Å². The van der Waals surface area contributed by atoms with Crippen LogP contribution in [0.4, 0.5) is 5.13 Å². The number of amides is 1. The first-order valence-corrected chi connectivity index (χ1v) is 8.20. The molecule has 8 heteroatoms. The Labute approximate surface area is 130 Å². The van der Waals surface area contributed by atoms with Crippen molar-refractivity contribution in [3.8, 4) is 5.75 Å². The number of aromatic hydroxyl groups is 1. The maximum Gasteiger partial charge on any atom is 0.230 e. The third-order valence-electron chi connectivity index (χ3n) is 2.69. The van der Waals surface area contributed by atoms with Gasteiger partial charge in [0.15, 0.2) is 4.34 Å². The fraction of sp³-hybridized carbons (Fsp3) is 0.308. The Morgan fingerprint density at radius 1 is 1.38 bits per heavy atom. The van der Waals surface area contributed by atoms with Crippen molar-refractivity contribution >= 4 is 34.1 Å². The summed E-state index contributed by atoms with van der Waals surface area (Å²) in [5, 5.41) is 20.4. The number of rotatable bonds is 7. The van der Waals surface area contributed by atoms with E-state index < -0.39 is 0 Å². The van der Waals surface area contributed by atoms with E-state index in [0.29, 0.717) is 27.5 Å². The van der Waals surface area contributed by atoms with Gasteiger partial charge in [0, 0.05) is 6.54 Å². The molecule has 2 rings (SSSR count). The maximum atomic E-state index is 11.6. The fourth-order valence-electron chi connectivity index (χ4n) is 1.69. The van der Waals surface area contributed by atoms with Gasteiger partial charge in [-0.3, -0.25) is 4.79 Å². The van der Waals surface area contributed by atoms with E-state index in [1.807, 2.05) is 12.1 Å². The smallest absolute Gasteiger partial charge is 0.230 e. The van der Waals surface area contributed by atoms with Crippen LogP contribution in [0.15, 0.2) is 28.6 Å². The normalized spacial score (nSPS) is 10.5. The molecule has 0 radical (unpaired) electrons. The molecule has 0 aliphatic rings. The minimum absolute atomic E-state index is 0.0499. The molecule has 112 valence electrons. The third-order valence-corrected chi connectivity index (χ3v) is 4.57. The largest absolute Gasteiger partial charge is 0.508 e. The predicted octanol–water partition coefficient (Wildman–Crippen LogP) is 1.67. The van der Waals surface area contributed by atoms with Crippen molar-refractivity contribution in [2.75, 3.05) is 18.0 Å². The topological polar surface area (TPSA) is 101 Å². The van der Waals surface area contributed by atoms with Crippen LogP contribution in [0, 0.1) is 0 Å². The first-order valence-electron chi connectivity index (χ1n) is 6.40. The average Bonchev–Trinajstić information content (AvgIpc) is 2.89. The zero-order chi connectivity index (χ0) is 15.1. The van der Waals surface area contributed by atoms with Gasteiger partial charge in [0.25, 0.3) is 0 Å². The van der Waals surface area contributed by atoms with Gasteiger partial charge < -0.3 is 16.2 Å². The SMILES string of the molecule is Nc1nnc(SCC(=O)NCCCc2ccccc2O)s1. The number of anilines is 1. The lowest BCUT2D eigenvalue weighted by Crippen LogP contribution is -2.26. The van der Waals surface area contributed by atoms with Crippen molar-refractivity contribution in [1.82, 2.24) is 15.5 Å². The molecule has 0 bridgehead atoms. The summed E-state index contributed by atoms with van der Waals surface area (Å²) in [5.41, 5.74) is 6.36. The summed E-state index contributed by atoms with van der Waals surface area (Å²) in [6.07, 6.45) is 1.51. The van der Waals surface area contributed by atoms with Crippen molar-refractivity contribution in [2.24, 2.45) is 0 Å². The van der Waals surface area contributed by atoms with E-state index in [1.165, 1.54) is 23.1 Å². The zero-order valence-electron chi connectivity index (χ0n) is 11.3. The Balaban J connectivity index is 1.62. The molecule has 0 saturated carbocycles. The van der Waals surface area contributed by atoms with Crippen molar-refractivity contribution in [2.45, 2.75) is 17.2 Å². The lowest BCUT2D eigenvalue weighted by molar-refractivity contribution is -0.118. The van der Waals surface area contributed by atoms with Gasteiger partial charge in [0.05, 0.1) is 5.75 Å². The highest BCUT2D eigenvalue weighted by molar-refractivity contribution is 8.01. The number of aryl methyl sites for hydroxylation is 1. The second-order valence-corrected chi connectivity index (χ2v) is 6.51. The van der Waals surface area contributed by atoms with Gasteiger partial charge in [-0.25, -0.2) is 0 Å². The number of phenolic OH excluding ortho intramolecular Hbond substituents is 1. The van der Waals surface area contributed by atoms with Crippen LogP contribution in [0.25, 0.3) is 0 Å². The minimum Gasteiger partial charge on any atom is -0.508 e. The number of carbonyl (C=O) groups excluding carboxylic acids is 1. The molecular weight excluding hydrogens is 308 g/mol. The first kappa shape index (κ1) is 15.6. The number of benzene rings is 1. The van der Waals surface area contributed by atoms with Crippen LogP contribution >= 0.6 is 23.1 Å². The van der Waals surface area contributed by atoms with Crippen molar-refractivity contribution < 1.29 is 9.90 Å². The van der Waals surface area contributed by atoms with Gasteiger partial charge in [-0.2, -0.15) is 0 Å². The Hall–Kier alpha value is -1.80. The van der Waals surface area contributed by atoms with Gasteiger partial charge in [-0.1, -0.05) is 41.3 Å². The van der Waals surface area contributed by atoms with Gasteiger partial charge in [-0.05, 0) is 24.5 Å². The summed E-state index contributed by atoms with van der Waals surface area (Å²) in [6.45, 7) is 0.575. The second kappa shape index (κ2) is 7.84. The van der Waals surface area contributed by atoms with Crippen LogP contribution in [0.3, 0.4) is 0 Å². The number of carbonyl (C=O) groups is 1. The van der Waals surface area contributed by atoms with Crippen LogP contribution in [0.1, 0.15) is 12.0 Å². The molecule has 0 unspecified atom stereocenters. The standard InChI is InChI=1S/C13H16N4O2S2/c14-12-16-17-13(21-12)20-8-11(19)15-7-3-5-9-4-1-2-6-10(9)18/h1-2,4,6,18H,3,5,7-8H2,(H2,14,16)(H,15,19). The number of nitrogens with two attached hydrogens (primary N) is 1. The summed E-state index contributed by atoms with van der Waals surface area (Å²) in [5.74, 6) is 0.546. The van der Waals surface area contributed by atoms with E-state index in [4.69, 9.17) is 5.73 Å². The quantitative estimate of drug-likeness (QED) is 0.529. The molecule has 21 heavy (non-hydrogen) atoms. The number of hydrogen-bond donors (Lipinski definition) is 3. The first-order chi connectivity index (χ1) is 10.1. The Kier molecular flexibility index (Phi) is 5.82. The highest BCUT2D eigenvalue weighted by atomic mass is 32.2. The molecule has 2 aromatic rings. The highest BCUT2D eigenvalue weighted by Gasteiger charge is 2.06. The van der Waals surface area contributed by atoms with E-state index in [9.17, 15) is 9.90 Å². The molecule has 0 atom stereocenters. The van der Waals surface area contributed by atoms with Crippen molar-refractivity contribution in [3.05, 3.63) is 29.8 Å². The van der Waals surface area contributed by atoms with Gasteiger partial charge in [-0.15, -0.1) is 10.2 Å². The van der Waals surface area contributed by atoms with E-state index in [0.717, 1.165) is 18.4 Å². The van der Waals surface area contributed by atoms with Gasteiger partial charge >= 0.3 is 0 Å². The van der Waals surface area contributed by atoms with E-state index in [-0.39, 0.29) is 5.91 Å². The van der Waals surface area contributed by atoms with Crippen molar-refractivity contribution in [3.63, 3.8) is 0 Å². The molecule has 0 saturated heterocycles. The zero-order valence-corrected chi connectivity index (χ0v) is 12.9. The number of aromatic nitrogens is 2. The molecule has 4 N–H and O–H groups in total. The fourth-order valence-corrected chi connectivity index (χ4v) is 3.15. The molecule has 0 fully saturated rings. The summed E-state index contributed by atoms with van der Waals surface area (Å²) in [4.78, 5) is 11.6. The number of thioether (sulfide) groups is 1. The average molecular weight is 324 g/mol. The molecule has 1 amide bonds. The molecule has 0 aliphatic heterocycles. The third kappa shape index (κ3) is 5.24. The Morgan fingerprint density at radius 3 is 2.90 bits per heavy atom. The molecule has 6 nitrogen and oxygen atoms in total. The highest BCUT2D eigenvalue weighted by Crippen LogP contribution is 2.23. The summed E-state index contributed by atoms with van der Waals surface area (Å²) in [6, 6.07) is 7.22. The maximum absolute atomic E-state index is 11.6. The number of para-hydroxylation sites is 1. The molecule has 1 heterocycles. The van der Waals surface area contributed by atoms with Crippen molar-refractivity contribution in [1.29, 1.82) is 0 Å². The van der Waals surface area contributed by atoms with E-state index in [2.05, 4.69) is 15.5 Å². The lowest BCUT2D eigenvalue weighted by Gasteiger charge is -2.05.